The topological polar surface area (TPSA) is 92.5 Å². The molecule has 0 bridgehead atoms. The predicted molar refractivity (Wildman–Crippen MR) is 99.6 cm³/mol. The zero-order chi connectivity index (χ0) is 19.1. The highest BCUT2D eigenvalue weighted by Crippen LogP contribution is 2.37. The summed E-state index contributed by atoms with van der Waals surface area (Å²) in [6, 6.07) is 4.23. The monoisotopic (exact) mass is 461 g/mol. The standard InChI is InChI=1S/C16H17BrClN3O4S/c1-20(26(24,25)15-6-5-10(17)7-12(15)18)13-3-2-4-14-11(13)8-19-21(14)9-16(22)23/h5-8,13H,2-4,9H2,1H3,(H,22,23)/t13-/m0/s1. The number of sulfonamides is 1. The Balaban J connectivity index is 1.97. The minimum absolute atomic E-state index is 0.0370. The quantitative estimate of drug-likeness (QED) is 0.737. The maximum atomic E-state index is 13.1. The van der Waals surface area contributed by atoms with Crippen LogP contribution in [-0.2, 0) is 27.8 Å². The first-order chi connectivity index (χ1) is 12.2. The van der Waals surface area contributed by atoms with E-state index in [2.05, 4.69) is 21.0 Å². The van der Waals surface area contributed by atoms with Crippen molar-refractivity contribution in [1.29, 1.82) is 0 Å². The van der Waals surface area contributed by atoms with Crippen LogP contribution in [0.3, 0.4) is 0 Å². The number of fused-ring (bicyclic) bond motifs is 1. The molecule has 0 unspecified atom stereocenters. The molecule has 1 aliphatic rings. The van der Waals surface area contributed by atoms with E-state index in [4.69, 9.17) is 16.7 Å². The van der Waals surface area contributed by atoms with Crippen LogP contribution in [0.25, 0.3) is 0 Å². The second kappa shape index (κ2) is 7.30. The molecule has 0 saturated carbocycles. The van der Waals surface area contributed by atoms with Crippen molar-refractivity contribution in [3.63, 3.8) is 0 Å². The molecule has 1 aliphatic carbocycles. The smallest absolute Gasteiger partial charge is 0.325 e. The Hall–Kier alpha value is -1.42. The number of aromatic nitrogens is 2. The van der Waals surface area contributed by atoms with Crippen LogP contribution in [-0.4, -0.2) is 40.6 Å². The van der Waals surface area contributed by atoms with Gasteiger partial charge in [-0.1, -0.05) is 27.5 Å². The third-order valence-electron chi connectivity index (χ3n) is 4.51. The van der Waals surface area contributed by atoms with Gasteiger partial charge in [-0.25, -0.2) is 8.42 Å². The number of hydrogen-bond acceptors (Lipinski definition) is 4. The van der Waals surface area contributed by atoms with Crippen molar-refractivity contribution in [3.8, 4) is 0 Å². The van der Waals surface area contributed by atoms with Crippen LogP contribution in [0.2, 0.25) is 5.02 Å². The van der Waals surface area contributed by atoms with Gasteiger partial charge in [0.05, 0.1) is 17.3 Å². The molecule has 3 rings (SSSR count). The van der Waals surface area contributed by atoms with E-state index in [-0.39, 0.29) is 16.5 Å². The van der Waals surface area contributed by atoms with Gasteiger partial charge in [-0.15, -0.1) is 0 Å². The molecule has 0 spiro atoms. The number of rotatable bonds is 5. The summed E-state index contributed by atoms with van der Waals surface area (Å²) < 4.78 is 29.5. The van der Waals surface area contributed by atoms with Gasteiger partial charge in [0.25, 0.3) is 0 Å². The van der Waals surface area contributed by atoms with Crippen LogP contribution >= 0.6 is 27.5 Å². The Kier molecular flexibility index (Phi) is 5.43. The lowest BCUT2D eigenvalue weighted by Crippen LogP contribution is -2.33. The normalized spacial score (nSPS) is 17.3. The van der Waals surface area contributed by atoms with E-state index in [0.717, 1.165) is 17.7 Å². The minimum Gasteiger partial charge on any atom is -0.480 e. The van der Waals surface area contributed by atoms with E-state index < -0.39 is 22.0 Å². The number of nitrogens with zero attached hydrogens (tertiary/aromatic N) is 3. The van der Waals surface area contributed by atoms with Crippen molar-refractivity contribution in [2.75, 3.05) is 7.05 Å². The van der Waals surface area contributed by atoms with Crippen molar-refractivity contribution < 1.29 is 18.3 Å². The van der Waals surface area contributed by atoms with Crippen LogP contribution in [0, 0.1) is 0 Å². The minimum atomic E-state index is -3.82. The molecule has 0 aliphatic heterocycles. The molecule has 0 radical (unpaired) electrons. The van der Waals surface area contributed by atoms with Crippen molar-refractivity contribution >= 4 is 43.5 Å². The van der Waals surface area contributed by atoms with Gasteiger partial charge in [-0.2, -0.15) is 9.40 Å². The van der Waals surface area contributed by atoms with E-state index in [1.807, 2.05) is 0 Å². The lowest BCUT2D eigenvalue weighted by Gasteiger charge is -2.31. The Morgan fingerprint density at radius 3 is 2.88 bits per heavy atom. The molecule has 1 aromatic carbocycles. The van der Waals surface area contributed by atoms with Gasteiger partial charge in [0.2, 0.25) is 10.0 Å². The van der Waals surface area contributed by atoms with E-state index in [1.54, 1.807) is 18.3 Å². The molecule has 1 aromatic heterocycles. The number of carboxylic acids is 1. The summed E-state index contributed by atoms with van der Waals surface area (Å²) in [6.07, 6.45) is 3.62. The Labute approximate surface area is 164 Å². The average Bonchev–Trinajstić information content (AvgIpc) is 2.96. The van der Waals surface area contributed by atoms with Gasteiger partial charge < -0.3 is 5.11 Å². The molecular formula is C16H17BrClN3O4S. The molecule has 1 N–H and O–H groups in total. The summed E-state index contributed by atoms with van der Waals surface area (Å²) in [6.45, 7) is -0.239. The van der Waals surface area contributed by atoms with Crippen molar-refractivity contribution in [1.82, 2.24) is 14.1 Å². The number of carbonyl (C=O) groups is 1. The highest BCUT2D eigenvalue weighted by Gasteiger charge is 2.35. The fraction of sp³-hybridized carbons (Fsp3) is 0.375. The van der Waals surface area contributed by atoms with Gasteiger partial charge in [0, 0.05) is 22.8 Å². The Morgan fingerprint density at radius 2 is 2.23 bits per heavy atom. The van der Waals surface area contributed by atoms with E-state index in [9.17, 15) is 13.2 Å². The SMILES string of the molecule is CN([C@H]1CCCc2c1cnn2CC(=O)O)S(=O)(=O)c1ccc(Br)cc1Cl. The van der Waals surface area contributed by atoms with Gasteiger partial charge in [-0.05, 0) is 37.5 Å². The van der Waals surface area contributed by atoms with Crippen molar-refractivity contribution in [3.05, 3.63) is 45.1 Å². The summed E-state index contributed by atoms with van der Waals surface area (Å²) >= 11 is 9.41. The summed E-state index contributed by atoms with van der Waals surface area (Å²) in [5.41, 5.74) is 1.52. The summed E-state index contributed by atoms with van der Waals surface area (Å²) in [4.78, 5) is 11.0. The van der Waals surface area contributed by atoms with E-state index in [1.165, 1.54) is 22.1 Å². The molecule has 1 atom stereocenters. The number of benzene rings is 1. The first-order valence-corrected chi connectivity index (χ1v) is 10.5. The third-order valence-corrected chi connectivity index (χ3v) is 7.35. The van der Waals surface area contributed by atoms with Crippen molar-refractivity contribution in [2.24, 2.45) is 0 Å². The largest absolute Gasteiger partial charge is 0.480 e. The number of aliphatic carboxylic acids is 1. The van der Waals surface area contributed by atoms with Crippen LogP contribution < -0.4 is 0 Å². The summed E-state index contributed by atoms with van der Waals surface area (Å²) in [5, 5.41) is 13.3. The maximum Gasteiger partial charge on any atom is 0.325 e. The molecule has 26 heavy (non-hydrogen) atoms. The highest BCUT2D eigenvalue weighted by atomic mass is 79.9. The molecule has 1 heterocycles. The lowest BCUT2D eigenvalue weighted by atomic mass is 9.93. The van der Waals surface area contributed by atoms with Crippen LogP contribution in [0.5, 0.6) is 0 Å². The average molecular weight is 463 g/mol. The van der Waals surface area contributed by atoms with Crippen LogP contribution in [0.15, 0.2) is 33.8 Å². The molecule has 2 aromatic rings. The second-order valence-electron chi connectivity index (χ2n) is 6.10. The molecule has 0 amide bonds. The molecule has 10 heteroatoms. The zero-order valence-corrected chi connectivity index (χ0v) is 17.1. The lowest BCUT2D eigenvalue weighted by molar-refractivity contribution is -0.137. The Morgan fingerprint density at radius 1 is 1.50 bits per heavy atom. The molecule has 0 saturated heterocycles. The number of hydrogen-bond donors (Lipinski definition) is 1. The molecular weight excluding hydrogens is 446 g/mol. The summed E-state index contributed by atoms with van der Waals surface area (Å²) in [5.74, 6) is -0.986. The van der Waals surface area contributed by atoms with Gasteiger partial charge in [0.15, 0.2) is 0 Å². The number of carboxylic acid groups (broad SMARTS) is 1. The number of halogens is 2. The third kappa shape index (κ3) is 3.53. The first-order valence-electron chi connectivity index (χ1n) is 7.91. The van der Waals surface area contributed by atoms with Crippen LogP contribution in [0.1, 0.15) is 30.1 Å². The zero-order valence-electron chi connectivity index (χ0n) is 13.9. The molecule has 140 valence electrons. The second-order valence-corrected chi connectivity index (χ2v) is 9.39. The van der Waals surface area contributed by atoms with Gasteiger partial charge in [-0.3, -0.25) is 9.48 Å². The predicted octanol–water partition coefficient (Wildman–Crippen LogP) is 3.08. The molecule has 0 fully saturated rings. The highest BCUT2D eigenvalue weighted by molar-refractivity contribution is 9.10. The van der Waals surface area contributed by atoms with Crippen LogP contribution in [0.4, 0.5) is 0 Å². The van der Waals surface area contributed by atoms with Crippen molar-refractivity contribution in [2.45, 2.75) is 36.7 Å². The molecule has 7 nitrogen and oxygen atoms in total. The fourth-order valence-electron chi connectivity index (χ4n) is 3.24. The van der Waals surface area contributed by atoms with Gasteiger partial charge in [0.1, 0.15) is 11.4 Å². The van der Waals surface area contributed by atoms with E-state index in [0.29, 0.717) is 17.3 Å². The first kappa shape index (κ1) is 19.3. The van der Waals surface area contributed by atoms with E-state index >= 15 is 0 Å². The maximum absolute atomic E-state index is 13.1. The Bertz CT molecular complexity index is 960. The van der Waals surface area contributed by atoms with Gasteiger partial charge >= 0.3 is 5.97 Å². The fourth-order valence-corrected chi connectivity index (χ4v) is 5.62. The summed E-state index contributed by atoms with van der Waals surface area (Å²) in [7, 11) is -2.30.